The van der Waals surface area contributed by atoms with Crippen LogP contribution in [0.4, 0.5) is 11.4 Å². The van der Waals surface area contributed by atoms with E-state index in [2.05, 4.69) is 9.88 Å². The van der Waals surface area contributed by atoms with Gasteiger partial charge in [-0.15, -0.1) is 0 Å². The number of imidazole rings is 1. The van der Waals surface area contributed by atoms with E-state index in [0.29, 0.717) is 0 Å². The van der Waals surface area contributed by atoms with Gasteiger partial charge >= 0.3 is 0 Å². The van der Waals surface area contributed by atoms with Gasteiger partial charge in [-0.3, -0.25) is 10.1 Å². The van der Waals surface area contributed by atoms with Gasteiger partial charge in [0.05, 0.1) is 22.6 Å². The molecule has 1 aromatic heterocycles. The average Bonchev–Trinajstić information content (AvgIpc) is 2.89. The largest absolute Gasteiger partial charge is 0.370 e. The molecule has 0 amide bonds. The lowest BCUT2D eigenvalue weighted by Gasteiger charge is -2.25. The maximum atomic E-state index is 11.1. The molecular formula is C15H18N4O2. The SMILES string of the molecule is O=[N+]([O-])c1ccc(-n2ccnc2)c(N2CCCCCC2)c1. The maximum Gasteiger partial charge on any atom is 0.271 e. The van der Waals surface area contributed by atoms with Gasteiger partial charge in [0.25, 0.3) is 5.69 Å². The summed E-state index contributed by atoms with van der Waals surface area (Å²) in [7, 11) is 0. The summed E-state index contributed by atoms with van der Waals surface area (Å²) in [4.78, 5) is 17.1. The predicted molar refractivity (Wildman–Crippen MR) is 80.9 cm³/mol. The molecule has 1 aliphatic rings. The zero-order chi connectivity index (χ0) is 14.7. The Morgan fingerprint density at radius 2 is 1.86 bits per heavy atom. The third-order valence-electron chi connectivity index (χ3n) is 3.90. The third kappa shape index (κ3) is 2.89. The average molecular weight is 286 g/mol. The van der Waals surface area contributed by atoms with Gasteiger partial charge < -0.3 is 9.47 Å². The molecule has 0 radical (unpaired) electrons. The van der Waals surface area contributed by atoms with E-state index in [1.165, 1.54) is 12.8 Å². The molecule has 2 heterocycles. The highest BCUT2D eigenvalue weighted by atomic mass is 16.6. The fourth-order valence-electron chi connectivity index (χ4n) is 2.81. The second kappa shape index (κ2) is 5.95. The van der Waals surface area contributed by atoms with E-state index in [1.54, 1.807) is 30.7 Å². The topological polar surface area (TPSA) is 64.2 Å². The van der Waals surface area contributed by atoms with Crippen molar-refractivity contribution in [1.82, 2.24) is 9.55 Å². The van der Waals surface area contributed by atoms with Gasteiger partial charge in [0.15, 0.2) is 0 Å². The smallest absolute Gasteiger partial charge is 0.271 e. The summed E-state index contributed by atoms with van der Waals surface area (Å²) < 4.78 is 1.91. The molecule has 0 bridgehead atoms. The van der Waals surface area contributed by atoms with Crippen molar-refractivity contribution in [2.45, 2.75) is 25.7 Å². The number of hydrogen-bond donors (Lipinski definition) is 0. The van der Waals surface area contributed by atoms with Gasteiger partial charge in [-0.05, 0) is 18.9 Å². The highest BCUT2D eigenvalue weighted by Gasteiger charge is 2.18. The Kier molecular flexibility index (Phi) is 3.85. The third-order valence-corrected chi connectivity index (χ3v) is 3.90. The van der Waals surface area contributed by atoms with Crippen molar-refractivity contribution in [3.05, 3.63) is 47.0 Å². The Hall–Kier alpha value is -2.37. The molecule has 6 nitrogen and oxygen atoms in total. The standard InChI is InChI=1S/C15H18N4O2/c20-19(21)13-5-6-14(18-10-7-16-12-18)15(11-13)17-8-3-1-2-4-9-17/h5-7,10-12H,1-4,8-9H2. The molecule has 0 atom stereocenters. The molecule has 1 aromatic carbocycles. The van der Waals surface area contributed by atoms with Crippen LogP contribution >= 0.6 is 0 Å². The van der Waals surface area contributed by atoms with Crippen LogP contribution in [-0.4, -0.2) is 27.6 Å². The summed E-state index contributed by atoms with van der Waals surface area (Å²) in [5, 5.41) is 11.1. The number of hydrogen-bond acceptors (Lipinski definition) is 4. The summed E-state index contributed by atoms with van der Waals surface area (Å²) in [6, 6.07) is 5.04. The van der Waals surface area contributed by atoms with E-state index in [1.807, 2.05) is 10.8 Å². The molecule has 0 spiro atoms. The summed E-state index contributed by atoms with van der Waals surface area (Å²) in [5.41, 5.74) is 2.00. The van der Waals surface area contributed by atoms with Crippen molar-refractivity contribution < 1.29 is 4.92 Å². The minimum atomic E-state index is -0.334. The molecule has 1 fully saturated rings. The fourth-order valence-corrected chi connectivity index (χ4v) is 2.81. The molecule has 3 rings (SSSR count). The highest BCUT2D eigenvalue weighted by molar-refractivity contribution is 5.67. The lowest BCUT2D eigenvalue weighted by molar-refractivity contribution is -0.384. The zero-order valence-corrected chi connectivity index (χ0v) is 11.8. The minimum absolute atomic E-state index is 0.137. The molecule has 2 aromatic rings. The quantitative estimate of drug-likeness (QED) is 0.642. The minimum Gasteiger partial charge on any atom is -0.370 e. The number of rotatable bonds is 3. The number of nitro benzene ring substituents is 1. The van der Waals surface area contributed by atoms with Gasteiger partial charge in [0, 0.05) is 37.6 Å². The van der Waals surface area contributed by atoms with Crippen LogP contribution in [0.2, 0.25) is 0 Å². The van der Waals surface area contributed by atoms with E-state index in [9.17, 15) is 10.1 Å². The van der Waals surface area contributed by atoms with E-state index in [4.69, 9.17) is 0 Å². The molecule has 0 N–H and O–H groups in total. The van der Waals surface area contributed by atoms with Crippen molar-refractivity contribution in [2.24, 2.45) is 0 Å². The number of anilines is 1. The summed E-state index contributed by atoms with van der Waals surface area (Å²) >= 11 is 0. The second-order valence-electron chi connectivity index (χ2n) is 5.30. The van der Waals surface area contributed by atoms with E-state index in [0.717, 1.165) is 37.3 Å². The number of benzene rings is 1. The molecule has 6 heteroatoms. The van der Waals surface area contributed by atoms with Crippen molar-refractivity contribution in [2.75, 3.05) is 18.0 Å². The normalized spacial score (nSPS) is 15.7. The first-order valence-corrected chi connectivity index (χ1v) is 7.27. The number of non-ortho nitro benzene ring substituents is 1. The zero-order valence-electron chi connectivity index (χ0n) is 11.8. The Labute approximate surface area is 123 Å². The van der Waals surface area contributed by atoms with Crippen LogP contribution in [0, 0.1) is 10.1 Å². The molecule has 110 valence electrons. The molecule has 0 saturated carbocycles. The molecule has 1 aliphatic heterocycles. The van der Waals surface area contributed by atoms with Crippen molar-refractivity contribution >= 4 is 11.4 Å². The first-order valence-electron chi connectivity index (χ1n) is 7.27. The molecule has 21 heavy (non-hydrogen) atoms. The molecule has 0 aliphatic carbocycles. The van der Waals surface area contributed by atoms with Crippen LogP contribution in [0.25, 0.3) is 5.69 Å². The van der Waals surface area contributed by atoms with Crippen LogP contribution in [0.5, 0.6) is 0 Å². The number of nitro groups is 1. The Bertz CT molecular complexity index is 617. The molecule has 0 unspecified atom stereocenters. The Morgan fingerprint density at radius 1 is 1.10 bits per heavy atom. The van der Waals surface area contributed by atoms with E-state index < -0.39 is 0 Å². The fraction of sp³-hybridized carbons (Fsp3) is 0.400. The van der Waals surface area contributed by atoms with Crippen LogP contribution in [0.15, 0.2) is 36.9 Å². The van der Waals surface area contributed by atoms with Crippen LogP contribution < -0.4 is 4.90 Å². The first kappa shape index (κ1) is 13.6. The monoisotopic (exact) mass is 286 g/mol. The number of nitrogens with zero attached hydrogens (tertiary/aromatic N) is 4. The van der Waals surface area contributed by atoms with Gasteiger partial charge in [-0.25, -0.2) is 4.98 Å². The van der Waals surface area contributed by atoms with E-state index in [-0.39, 0.29) is 10.6 Å². The Morgan fingerprint density at radius 3 is 2.48 bits per heavy atom. The van der Waals surface area contributed by atoms with Gasteiger partial charge in [0.2, 0.25) is 0 Å². The summed E-state index contributed by atoms with van der Waals surface area (Å²) in [6.45, 7) is 1.89. The molecular weight excluding hydrogens is 268 g/mol. The van der Waals surface area contributed by atoms with Crippen LogP contribution in [0.1, 0.15) is 25.7 Å². The van der Waals surface area contributed by atoms with Gasteiger partial charge in [0.1, 0.15) is 0 Å². The maximum absolute atomic E-state index is 11.1. The van der Waals surface area contributed by atoms with Crippen molar-refractivity contribution in [1.29, 1.82) is 0 Å². The van der Waals surface area contributed by atoms with E-state index >= 15 is 0 Å². The summed E-state index contributed by atoms with van der Waals surface area (Å²) in [6.07, 6.45) is 10.0. The number of aromatic nitrogens is 2. The van der Waals surface area contributed by atoms with Gasteiger partial charge in [-0.1, -0.05) is 12.8 Å². The van der Waals surface area contributed by atoms with Crippen LogP contribution in [-0.2, 0) is 0 Å². The summed E-state index contributed by atoms with van der Waals surface area (Å²) in [5.74, 6) is 0. The molecule has 1 saturated heterocycles. The highest BCUT2D eigenvalue weighted by Crippen LogP contribution is 2.30. The Balaban J connectivity index is 2.05. The van der Waals surface area contributed by atoms with Crippen molar-refractivity contribution in [3.63, 3.8) is 0 Å². The predicted octanol–water partition coefficient (Wildman–Crippen LogP) is 3.16. The lowest BCUT2D eigenvalue weighted by atomic mass is 10.2. The lowest BCUT2D eigenvalue weighted by Crippen LogP contribution is -2.25. The van der Waals surface area contributed by atoms with Crippen molar-refractivity contribution in [3.8, 4) is 5.69 Å². The van der Waals surface area contributed by atoms with Gasteiger partial charge in [-0.2, -0.15) is 0 Å². The second-order valence-corrected chi connectivity index (χ2v) is 5.30. The van der Waals surface area contributed by atoms with Crippen LogP contribution in [0.3, 0.4) is 0 Å². The first-order chi connectivity index (χ1) is 10.3.